The minimum absolute atomic E-state index is 0.0938. The number of nitrogens with zero attached hydrogens (tertiary/aromatic N) is 3. The van der Waals surface area contributed by atoms with E-state index in [-0.39, 0.29) is 39.5 Å². The van der Waals surface area contributed by atoms with E-state index in [9.17, 15) is 14.7 Å². The lowest BCUT2D eigenvalue weighted by atomic mass is 10.0. The number of amides is 1. The molecule has 4 heterocycles. The van der Waals surface area contributed by atoms with Gasteiger partial charge in [-0.25, -0.2) is 14.8 Å². The van der Waals surface area contributed by atoms with Crippen LogP contribution in [0, 0.1) is 6.92 Å². The summed E-state index contributed by atoms with van der Waals surface area (Å²) < 4.78 is 15.8. The van der Waals surface area contributed by atoms with E-state index >= 15 is 0 Å². The molecule has 0 aromatic carbocycles. The lowest BCUT2D eigenvalue weighted by Gasteiger charge is -2.37. The van der Waals surface area contributed by atoms with Crippen molar-refractivity contribution in [1.82, 2.24) is 20.3 Å². The van der Waals surface area contributed by atoms with Gasteiger partial charge in [-0.3, -0.25) is 4.79 Å². The molecule has 0 radical (unpaired) electrons. The number of methoxy groups -OCH3 is 2. The van der Waals surface area contributed by atoms with Gasteiger partial charge in [-0.2, -0.15) is 0 Å². The number of halogens is 2. The molecule has 192 valence electrons. The Morgan fingerprint density at radius 1 is 1.25 bits per heavy atom. The Balaban J connectivity index is 1.53. The van der Waals surface area contributed by atoms with Crippen LogP contribution in [0.4, 0.5) is 9.93 Å². The Morgan fingerprint density at radius 3 is 2.67 bits per heavy atom. The summed E-state index contributed by atoms with van der Waals surface area (Å²) >= 11 is 13.4. The van der Waals surface area contributed by atoms with Crippen molar-refractivity contribution >= 4 is 51.7 Å². The molecule has 0 spiro atoms. The van der Waals surface area contributed by atoms with Crippen LogP contribution in [0.5, 0.6) is 10.9 Å². The largest absolute Gasteiger partial charge is 0.512 e. The summed E-state index contributed by atoms with van der Waals surface area (Å²) in [5.74, 6) is -0.0220. The molecule has 11 nitrogen and oxygen atoms in total. The first kappa shape index (κ1) is 26.0. The van der Waals surface area contributed by atoms with Gasteiger partial charge in [0.15, 0.2) is 5.13 Å². The summed E-state index contributed by atoms with van der Waals surface area (Å²) in [5.41, 5.74) is 1.50. The quantitative estimate of drug-likeness (QED) is 0.365. The molecule has 0 aliphatic carbocycles. The molecule has 2 atom stereocenters. The number of anilines is 1. The Kier molecular flexibility index (Phi) is 7.88. The fourth-order valence-corrected chi connectivity index (χ4v) is 5.24. The fourth-order valence-electron chi connectivity index (χ4n) is 3.86. The van der Waals surface area contributed by atoms with E-state index < -0.39 is 6.16 Å². The number of aryl methyl sites for hydroxylation is 1. The number of aromatic amines is 1. The van der Waals surface area contributed by atoms with Gasteiger partial charge in [-0.15, -0.1) is 0 Å². The highest BCUT2D eigenvalue weighted by Gasteiger charge is 2.34. The molecule has 1 saturated heterocycles. The zero-order chi connectivity index (χ0) is 26.0. The molecule has 1 aliphatic heterocycles. The highest BCUT2D eigenvalue weighted by molar-refractivity contribution is 7.18. The second kappa shape index (κ2) is 10.9. The molecule has 3 aromatic heterocycles. The first-order valence-corrected chi connectivity index (χ1v) is 12.3. The van der Waals surface area contributed by atoms with Crippen LogP contribution in [0.2, 0.25) is 10.0 Å². The number of aromatic nitrogens is 3. The Morgan fingerprint density at radius 2 is 2.03 bits per heavy atom. The minimum atomic E-state index is -1.45. The van der Waals surface area contributed by atoms with E-state index in [0.29, 0.717) is 46.9 Å². The van der Waals surface area contributed by atoms with Gasteiger partial charge in [0, 0.05) is 32.0 Å². The molecule has 1 amide bonds. The lowest BCUT2D eigenvalue weighted by Crippen LogP contribution is -2.55. The molecule has 14 heteroatoms. The number of carboxylic acid groups (broad SMARTS) is 1. The third kappa shape index (κ3) is 5.36. The van der Waals surface area contributed by atoms with Crippen LogP contribution in [-0.4, -0.2) is 71.6 Å². The topological polar surface area (TPSA) is 139 Å². The number of carbonyl (C=O) groups excluding carboxylic acids is 1. The van der Waals surface area contributed by atoms with E-state index in [4.69, 9.17) is 37.4 Å². The van der Waals surface area contributed by atoms with Crippen LogP contribution < -0.4 is 19.7 Å². The maximum atomic E-state index is 12.8. The Labute approximate surface area is 220 Å². The maximum absolute atomic E-state index is 12.8. The van der Waals surface area contributed by atoms with Gasteiger partial charge in [0.05, 0.1) is 35.0 Å². The van der Waals surface area contributed by atoms with Gasteiger partial charge in [-0.05, 0) is 19.4 Å². The molecule has 4 rings (SSSR count). The van der Waals surface area contributed by atoms with Crippen LogP contribution in [0.25, 0.3) is 11.4 Å². The number of piperidine rings is 1. The van der Waals surface area contributed by atoms with Crippen molar-refractivity contribution in [1.29, 1.82) is 0 Å². The third-order valence-electron chi connectivity index (χ3n) is 5.67. The SMILES string of the molecule is COc1cccc(-c2nc(N3CC[C@@H](NC(=O)c4[nH]c(C)c(Cl)c4Cl)[C@@H](OC)C3)sc2OC(=O)O)n1. The molecule has 0 bridgehead atoms. The zero-order valence-electron chi connectivity index (χ0n) is 19.5. The van der Waals surface area contributed by atoms with Crippen molar-refractivity contribution in [3.8, 4) is 22.3 Å². The standard InChI is InChI=1S/C22H23Cl2N5O6S/c1-10-15(23)16(24)18(25-10)19(30)27-11-7-8-29(9-13(11)33-2)21-28-17(20(36-21)35-22(31)32)12-5-4-6-14(26-12)34-3/h4-6,11,13,25H,7-9H2,1-3H3,(H,27,30)(H,31,32)/t11-,13+/m1/s1. The monoisotopic (exact) mass is 555 g/mol. The van der Waals surface area contributed by atoms with Gasteiger partial charge in [0.2, 0.25) is 10.9 Å². The minimum Gasteiger partial charge on any atom is -0.481 e. The van der Waals surface area contributed by atoms with E-state index in [2.05, 4.69) is 20.3 Å². The molecule has 3 aromatic rings. The normalized spacial score (nSPS) is 17.6. The van der Waals surface area contributed by atoms with Crippen molar-refractivity contribution in [3.05, 3.63) is 39.6 Å². The van der Waals surface area contributed by atoms with Crippen molar-refractivity contribution in [2.75, 3.05) is 32.2 Å². The molecular weight excluding hydrogens is 533 g/mol. The number of nitrogens with one attached hydrogen (secondary N) is 2. The summed E-state index contributed by atoms with van der Waals surface area (Å²) in [6.45, 7) is 2.64. The van der Waals surface area contributed by atoms with Gasteiger partial charge < -0.3 is 34.5 Å². The summed E-state index contributed by atoms with van der Waals surface area (Å²) in [6, 6.07) is 4.79. The van der Waals surface area contributed by atoms with Gasteiger partial charge in [-0.1, -0.05) is 40.6 Å². The van der Waals surface area contributed by atoms with Gasteiger partial charge >= 0.3 is 6.16 Å². The number of ether oxygens (including phenoxy) is 3. The van der Waals surface area contributed by atoms with Crippen molar-refractivity contribution < 1.29 is 28.9 Å². The average Bonchev–Trinajstić information content (AvgIpc) is 3.40. The maximum Gasteiger partial charge on any atom is 0.512 e. The van der Waals surface area contributed by atoms with E-state index in [1.54, 1.807) is 32.2 Å². The molecule has 0 saturated carbocycles. The Hall–Kier alpha value is -3.06. The van der Waals surface area contributed by atoms with Crippen LogP contribution in [0.15, 0.2) is 18.2 Å². The number of hydrogen-bond acceptors (Lipinski definition) is 9. The number of H-pyrrole nitrogens is 1. The molecule has 0 unspecified atom stereocenters. The van der Waals surface area contributed by atoms with Crippen molar-refractivity contribution in [3.63, 3.8) is 0 Å². The smallest absolute Gasteiger partial charge is 0.481 e. The predicted molar refractivity (Wildman–Crippen MR) is 135 cm³/mol. The van der Waals surface area contributed by atoms with Gasteiger partial charge in [0.25, 0.3) is 5.91 Å². The summed E-state index contributed by atoms with van der Waals surface area (Å²) in [7, 11) is 3.04. The number of pyridine rings is 1. The van der Waals surface area contributed by atoms with Crippen LogP contribution in [0.1, 0.15) is 22.6 Å². The molecule has 1 fully saturated rings. The highest BCUT2D eigenvalue weighted by Crippen LogP contribution is 2.40. The molecular formula is C22H23Cl2N5O6S. The predicted octanol–water partition coefficient (Wildman–Crippen LogP) is 4.24. The first-order valence-electron chi connectivity index (χ1n) is 10.8. The number of carbonyl (C=O) groups is 2. The van der Waals surface area contributed by atoms with Crippen molar-refractivity contribution in [2.24, 2.45) is 0 Å². The third-order valence-corrected chi connectivity index (χ3v) is 7.61. The number of thiazole rings is 1. The molecule has 1 aliphatic rings. The highest BCUT2D eigenvalue weighted by atomic mass is 35.5. The molecule has 3 N–H and O–H groups in total. The average molecular weight is 556 g/mol. The second-order valence-electron chi connectivity index (χ2n) is 7.91. The fraction of sp³-hybridized carbons (Fsp3) is 0.364. The number of rotatable bonds is 7. The second-order valence-corrected chi connectivity index (χ2v) is 9.60. The first-order chi connectivity index (χ1) is 17.2. The van der Waals surface area contributed by atoms with Crippen molar-refractivity contribution in [2.45, 2.75) is 25.5 Å². The summed E-state index contributed by atoms with van der Waals surface area (Å²) in [5, 5.41) is 13.3. The molecule has 36 heavy (non-hydrogen) atoms. The zero-order valence-corrected chi connectivity index (χ0v) is 21.8. The van der Waals surface area contributed by atoms with E-state index in [1.165, 1.54) is 7.11 Å². The van der Waals surface area contributed by atoms with E-state index in [1.807, 2.05) is 4.90 Å². The lowest BCUT2D eigenvalue weighted by molar-refractivity contribution is 0.0540. The Bertz CT molecular complexity index is 1280. The summed E-state index contributed by atoms with van der Waals surface area (Å²) in [6.07, 6.45) is -1.29. The van der Waals surface area contributed by atoms with Gasteiger partial charge in [0.1, 0.15) is 11.4 Å². The van der Waals surface area contributed by atoms with Crippen LogP contribution in [-0.2, 0) is 4.74 Å². The number of hydrogen-bond donors (Lipinski definition) is 3. The summed E-state index contributed by atoms with van der Waals surface area (Å²) in [4.78, 5) is 37.9. The van der Waals surface area contributed by atoms with Crippen LogP contribution >= 0.6 is 34.5 Å². The van der Waals surface area contributed by atoms with Crippen LogP contribution in [0.3, 0.4) is 0 Å². The van der Waals surface area contributed by atoms with E-state index in [0.717, 1.165) is 11.3 Å².